The largest absolute Gasteiger partial charge is 0.489 e. The Bertz CT molecular complexity index is 3800. The maximum Gasteiger partial charge on any atom is 0.489 e. The molecule has 0 aliphatic heterocycles. The van der Waals surface area contributed by atoms with Gasteiger partial charge in [0.25, 0.3) is 0 Å². The lowest BCUT2D eigenvalue weighted by molar-refractivity contribution is 0.0509. The molecule has 11 rings (SSSR count). The van der Waals surface area contributed by atoms with E-state index in [1.165, 1.54) is 12.1 Å². The molecule has 2 N–H and O–H groups in total. The third kappa shape index (κ3) is 10.5. The highest BCUT2D eigenvalue weighted by Crippen LogP contribution is 2.43. The molecule has 0 atom stereocenters. The molecule has 13 nitrogen and oxygen atoms in total. The van der Waals surface area contributed by atoms with E-state index in [2.05, 4.69) is 31.9 Å². The maximum absolute atomic E-state index is 13.6. The number of hydrogen-bond acceptors (Lipinski definition) is 13. The van der Waals surface area contributed by atoms with Crippen LogP contribution in [0.2, 0.25) is 0 Å². The summed E-state index contributed by atoms with van der Waals surface area (Å²) in [5.74, 6) is -1.86. The summed E-state index contributed by atoms with van der Waals surface area (Å²) in [6.07, 6.45) is 0. The average molecular weight is 1150 g/mol. The number of halogens is 2. The molecule has 0 amide bonds. The van der Waals surface area contributed by atoms with E-state index in [1.54, 1.807) is 52.0 Å². The first-order chi connectivity index (χ1) is 36.9. The van der Waals surface area contributed by atoms with Crippen LogP contribution in [0.25, 0.3) is 88.1 Å². The van der Waals surface area contributed by atoms with Gasteiger partial charge in [-0.15, -0.1) is 0 Å². The molecule has 0 saturated heterocycles. The second-order valence-electron chi connectivity index (χ2n) is 16.9. The summed E-state index contributed by atoms with van der Waals surface area (Å²) in [4.78, 5) is 50.5. The van der Waals surface area contributed by atoms with Gasteiger partial charge in [-0.05, 0) is 148 Å². The Hall–Kier alpha value is -8.02. The zero-order valence-corrected chi connectivity index (χ0v) is 44.7. The summed E-state index contributed by atoms with van der Waals surface area (Å²) in [6.45, 7) is 8.00. The number of carbonyl (C=O) groups excluding carboxylic acids is 4. The molecular formula is C60H47BBr2O13. The lowest BCUT2D eigenvalue weighted by Gasteiger charge is -2.17. The van der Waals surface area contributed by atoms with Crippen molar-refractivity contribution in [2.24, 2.45) is 0 Å². The molecule has 0 spiro atoms. The number of esters is 4. The first-order valence-electron chi connectivity index (χ1n) is 24.3. The zero-order valence-electron chi connectivity index (χ0n) is 41.5. The Balaban J connectivity index is 0.000000170. The number of ether oxygens (including phenoxy) is 4. The zero-order chi connectivity index (χ0) is 53.6. The van der Waals surface area contributed by atoms with Gasteiger partial charge in [-0.25, -0.2) is 19.2 Å². The van der Waals surface area contributed by atoms with Crippen LogP contribution in [0, 0.1) is 0 Å². The molecule has 0 saturated carbocycles. The SMILES string of the molecule is CCOC(=O)c1cc(-c2cccc3oc4ccccc4c23)c(C(=O)OCC)cc1-c1cccc2oc3ccccc3c12.CCOC(=O)c1cc(Br)c(C(=O)OCC)cc1Br.OB(O)c1cccc2oc3ccccc3c12. The van der Waals surface area contributed by atoms with Crippen LogP contribution in [0.3, 0.4) is 0 Å². The summed E-state index contributed by atoms with van der Waals surface area (Å²) >= 11 is 6.48. The van der Waals surface area contributed by atoms with Crippen molar-refractivity contribution in [3.63, 3.8) is 0 Å². The van der Waals surface area contributed by atoms with E-state index in [9.17, 15) is 29.2 Å². The standard InChI is InChI=1S/C36H26O6.C12H9BO3.C12H12Br2O4/c1-3-39-35(37)27-19-26(22-14-10-18-32-34(22)24-12-6-8-16-30(24)42-32)28(36(38)40-4-2)20-25(27)21-13-9-17-31-33(21)23-11-5-7-15-29(23)41-31;14-13(15)9-5-3-7-11-12(9)8-4-1-2-6-10(8)16-11;1-3-17-11(15)7-5-10(14)8(6-9(7)13)12(16)18-4-2/h5-20H,3-4H2,1-2H3;1-7,14-15H;5-6H,3-4H2,1-2H3. The Morgan fingerprint density at radius 1 is 0.395 bits per heavy atom. The van der Waals surface area contributed by atoms with Gasteiger partial charge in [0.05, 0.1) is 48.7 Å². The van der Waals surface area contributed by atoms with Crippen molar-refractivity contribution >= 4 is 134 Å². The van der Waals surface area contributed by atoms with Gasteiger partial charge in [-0.3, -0.25) is 0 Å². The molecule has 0 aliphatic rings. The second kappa shape index (κ2) is 23.3. The summed E-state index contributed by atoms with van der Waals surface area (Å²) in [7, 11) is -1.48. The fourth-order valence-corrected chi connectivity index (χ4v) is 10.1. The second-order valence-corrected chi connectivity index (χ2v) is 18.6. The lowest BCUT2D eigenvalue weighted by atomic mass is 9.77. The lowest BCUT2D eigenvalue weighted by Crippen LogP contribution is -2.30. The third-order valence-corrected chi connectivity index (χ3v) is 13.6. The van der Waals surface area contributed by atoms with Gasteiger partial charge < -0.3 is 42.2 Å². The third-order valence-electron chi connectivity index (χ3n) is 12.3. The van der Waals surface area contributed by atoms with Crippen LogP contribution < -0.4 is 5.46 Å². The molecule has 11 aromatic rings. The predicted molar refractivity (Wildman–Crippen MR) is 301 cm³/mol. The van der Waals surface area contributed by atoms with Crippen molar-refractivity contribution in [3.05, 3.63) is 183 Å². The molecule has 0 radical (unpaired) electrons. The van der Waals surface area contributed by atoms with Crippen molar-refractivity contribution in [1.82, 2.24) is 0 Å². The minimum Gasteiger partial charge on any atom is -0.462 e. The van der Waals surface area contributed by atoms with Crippen LogP contribution in [0.5, 0.6) is 0 Å². The molecule has 382 valence electrons. The van der Waals surface area contributed by atoms with Crippen molar-refractivity contribution in [1.29, 1.82) is 0 Å². The summed E-state index contributed by atoms with van der Waals surface area (Å²) < 4.78 is 39.8. The quantitative estimate of drug-likeness (QED) is 0.0709. The summed E-state index contributed by atoms with van der Waals surface area (Å²) in [5.41, 5.74) is 8.74. The first kappa shape index (κ1) is 52.8. The molecule has 0 aliphatic carbocycles. The normalized spacial score (nSPS) is 11.1. The monoisotopic (exact) mass is 1140 g/mol. The van der Waals surface area contributed by atoms with Crippen molar-refractivity contribution < 1.29 is 61.4 Å². The van der Waals surface area contributed by atoms with E-state index in [4.69, 9.17) is 32.2 Å². The number of hydrogen-bond donors (Lipinski definition) is 2. The van der Waals surface area contributed by atoms with E-state index >= 15 is 0 Å². The number of benzene rings is 8. The molecule has 8 aromatic carbocycles. The number of fused-ring (bicyclic) bond motifs is 9. The summed E-state index contributed by atoms with van der Waals surface area (Å²) in [6, 6.07) is 46.3. The minimum absolute atomic E-state index is 0.202. The minimum atomic E-state index is -1.48. The van der Waals surface area contributed by atoms with Gasteiger partial charge in [0.1, 0.15) is 33.5 Å². The van der Waals surface area contributed by atoms with Crippen molar-refractivity contribution in [3.8, 4) is 22.3 Å². The van der Waals surface area contributed by atoms with Gasteiger partial charge in [-0.2, -0.15) is 0 Å². The maximum atomic E-state index is 13.6. The Labute approximate surface area is 452 Å². The number of para-hydroxylation sites is 3. The Morgan fingerprint density at radius 3 is 1.08 bits per heavy atom. The van der Waals surface area contributed by atoms with E-state index in [0.29, 0.717) is 77.8 Å². The van der Waals surface area contributed by atoms with Crippen LogP contribution in [0.1, 0.15) is 69.1 Å². The number of furan rings is 3. The van der Waals surface area contributed by atoms with Crippen LogP contribution >= 0.6 is 31.9 Å². The van der Waals surface area contributed by atoms with Gasteiger partial charge in [0.2, 0.25) is 0 Å². The van der Waals surface area contributed by atoms with Crippen molar-refractivity contribution in [2.75, 3.05) is 26.4 Å². The van der Waals surface area contributed by atoms with Crippen LogP contribution in [0.15, 0.2) is 174 Å². The topological polar surface area (TPSA) is 185 Å². The van der Waals surface area contributed by atoms with Gasteiger partial charge in [0.15, 0.2) is 0 Å². The molecule has 16 heteroatoms. The Kier molecular flexibility index (Phi) is 16.2. The highest BCUT2D eigenvalue weighted by atomic mass is 79.9. The first-order valence-corrected chi connectivity index (χ1v) is 25.9. The van der Waals surface area contributed by atoms with Crippen LogP contribution in [0.4, 0.5) is 0 Å². The number of rotatable bonds is 11. The predicted octanol–water partition coefficient (Wildman–Crippen LogP) is 14.0. The molecule has 3 heterocycles. The fraction of sp³-hybridized carbons (Fsp3) is 0.133. The molecule has 3 aromatic heterocycles. The molecular weight excluding hydrogens is 1100 g/mol. The highest BCUT2D eigenvalue weighted by molar-refractivity contribution is 9.11. The number of carbonyl (C=O) groups is 4. The fourth-order valence-electron chi connectivity index (χ4n) is 9.09. The van der Waals surface area contributed by atoms with Gasteiger partial charge >= 0.3 is 31.0 Å². The summed E-state index contributed by atoms with van der Waals surface area (Å²) in [5, 5.41) is 23.8. The molecule has 76 heavy (non-hydrogen) atoms. The Morgan fingerprint density at radius 2 is 0.711 bits per heavy atom. The van der Waals surface area contributed by atoms with Crippen molar-refractivity contribution in [2.45, 2.75) is 27.7 Å². The molecule has 0 bridgehead atoms. The van der Waals surface area contributed by atoms with E-state index < -0.39 is 31.0 Å². The van der Waals surface area contributed by atoms with Crippen LogP contribution in [-0.4, -0.2) is 67.5 Å². The van der Waals surface area contributed by atoms with Crippen LogP contribution in [-0.2, 0) is 18.9 Å². The molecule has 0 fully saturated rings. The smallest absolute Gasteiger partial charge is 0.462 e. The average Bonchev–Trinajstić information content (AvgIpc) is 4.16. The molecule has 0 unspecified atom stereocenters. The highest BCUT2D eigenvalue weighted by Gasteiger charge is 2.27. The van der Waals surface area contributed by atoms with E-state index in [-0.39, 0.29) is 13.2 Å². The van der Waals surface area contributed by atoms with E-state index in [1.807, 2.05) is 115 Å². The van der Waals surface area contributed by atoms with Gasteiger partial charge in [0, 0.05) is 41.3 Å². The van der Waals surface area contributed by atoms with E-state index in [0.717, 1.165) is 60.2 Å². The van der Waals surface area contributed by atoms with Gasteiger partial charge in [-0.1, -0.05) is 91.0 Å².